The molecule has 3 aromatic carbocycles. The largest absolute Gasteiger partial charge is 0.489 e. The van der Waals surface area contributed by atoms with Gasteiger partial charge in [-0.15, -0.1) is 0 Å². The first-order chi connectivity index (χ1) is 17.0. The highest BCUT2D eigenvalue weighted by atomic mass is 32.2. The number of benzene rings is 3. The van der Waals surface area contributed by atoms with Crippen LogP contribution in [0.1, 0.15) is 30.9 Å². The molecular weight excluding hydrogens is 454 g/mol. The van der Waals surface area contributed by atoms with E-state index in [4.69, 9.17) is 4.74 Å². The number of allylic oxidation sites excluding steroid dienone is 5. The average molecular weight is 480 g/mol. The monoisotopic (exact) mass is 479 g/mol. The second-order valence-corrected chi connectivity index (χ2v) is 9.65. The SMILES string of the molecule is CC1=CC(/C=C2\SC(=O)N(c3ccccc3)C2=O)=C(C)[C@@H]1c1ccc(OCc2ccccc2)cc1. The predicted octanol–water partition coefficient (Wildman–Crippen LogP) is 7.41. The second kappa shape index (κ2) is 9.80. The summed E-state index contributed by atoms with van der Waals surface area (Å²) in [5.41, 5.74) is 6.24. The molecule has 0 saturated carbocycles. The van der Waals surface area contributed by atoms with E-state index in [1.807, 2.05) is 66.7 Å². The van der Waals surface area contributed by atoms with Gasteiger partial charge in [0.15, 0.2) is 0 Å². The predicted molar refractivity (Wildman–Crippen MR) is 141 cm³/mol. The third-order valence-electron chi connectivity index (χ3n) is 6.28. The number of thioether (sulfide) groups is 1. The molecule has 1 fully saturated rings. The van der Waals surface area contributed by atoms with Gasteiger partial charge >= 0.3 is 0 Å². The smallest absolute Gasteiger partial charge is 0.298 e. The van der Waals surface area contributed by atoms with Crippen molar-refractivity contribution in [2.24, 2.45) is 0 Å². The fraction of sp³-hybridized carbons (Fsp3) is 0.133. The maximum absolute atomic E-state index is 13.0. The topological polar surface area (TPSA) is 46.6 Å². The van der Waals surface area contributed by atoms with Crippen LogP contribution in [0, 0.1) is 0 Å². The van der Waals surface area contributed by atoms with Crippen LogP contribution in [-0.2, 0) is 11.4 Å². The molecule has 2 aliphatic rings. The summed E-state index contributed by atoms with van der Waals surface area (Å²) >= 11 is 0.988. The van der Waals surface area contributed by atoms with Crippen LogP contribution in [0.2, 0.25) is 0 Å². The highest BCUT2D eigenvalue weighted by Gasteiger charge is 2.36. The fourth-order valence-corrected chi connectivity index (χ4v) is 5.36. The van der Waals surface area contributed by atoms with E-state index in [1.165, 1.54) is 16.0 Å². The summed E-state index contributed by atoms with van der Waals surface area (Å²) in [6.45, 7) is 4.72. The van der Waals surface area contributed by atoms with E-state index in [1.54, 1.807) is 12.1 Å². The molecule has 0 spiro atoms. The van der Waals surface area contributed by atoms with Crippen molar-refractivity contribution in [1.82, 2.24) is 0 Å². The van der Waals surface area contributed by atoms with E-state index in [0.717, 1.165) is 34.2 Å². The minimum atomic E-state index is -0.277. The number of hydrogen-bond donors (Lipinski definition) is 0. The molecule has 35 heavy (non-hydrogen) atoms. The molecular formula is C30H25NO3S. The summed E-state index contributed by atoms with van der Waals surface area (Å²) in [4.78, 5) is 27.3. The molecule has 1 heterocycles. The van der Waals surface area contributed by atoms with Crippen molar-refractivity contribution in [3.05, 3.63) is 130 Å². The molecule has 2 amide bonds. The second-order valence-electron chi connectivity index (χ2n) is 8.66. The minimum absolute atomic E-state index is 0.132. The highest BCUT2D eigenvalue weighted by Crippen LogP contribution is 2.42. The summed E-state index contributed by atoms with van der Waals surface area (Å²) in [6, 6.07) is 27.3. The number of nitrogens with zero attached hydrogens (tertiary/aromatic N) is 1. The average Bonchev–Trinajstić information content (AvgIpc) is 3.32. The third kappa shape index (κ3) is 4.73. The Hall–Kier alpha value is -3.83. The van der Waals surface area contributed by atoms with Gasteiger partial charge in [-0.05, 0) is 72.7 Å². The van der Waals surface area contributed by atoms with Gasteiger partial charge in [-0.1, -0.05) is 77.9 Å². The van der Waals surface area contributed by atoms with Crippen molar-refractivity contribution in [3.8, 4) is 5.75 Å². The van der Waals surface area contributed by atoms with E-state index in [-0.39, 0.29) is 17.1 Å². The Morgan fingerprint density at radius 1 is 0.886 bits per heavy atom. The first kappa shape index (κ1) is 22.9. The van der Waals surface area contributed by atoms with Crippen molar-refractivity contribution < 1.29 is 14.3 Å². The maximum Gasteiger partial charge on any atom is 0.298 e. The summed E-state index contributed by atoms with van der Waals surface area (Å²) in [6.07, 6.45) is 3.96. The van der Waals surface area contributed by atoms with E-state index >= 15 is 0 Å². The standard InChI is InChI=1S/C30H25NO3S/c1-20-17-24(18-27-29(32)31(30(33)35-27)25-11-7-4-8-12-25)21(2)28(20)23-13-15-26(16-14-23)34-19-22-9-5-3-6-10-22/h3-18,28H,19H2,1-2H3/b27-18-/t28-/m1/s1. The number of carbonyl (C=O) groups is 2. The Labute approximate surface area is 209 Å². The first-order valence-corrected chi connectivity index (χ1v) is 12.3. The van der Waals surface area contributed by atoms with Gasteiger partial charge in [0.2, 0.25) is 0 Å². The number of rotatable bonds is 6. The number of ether oxygens (including phenoxy) is 1. The lowest BCUT2D eigenvalue weighted by Crippen LogP contribution is -2.27. The zero-order chi connectivity index (χ0) is 24.4. The number of amides is 2. The molecule has 0 bridgehead atoms. The van der Waals surface area contributed by atoms with Crippen molar-refractivity contribution in [2.75, 3.05) is 4.90 Å². The zero-order valence-corrected chi connectivity index (χ0v) is 20.4. The van der Waals surface area contributed by atoms with Gasteiger partial charge in [0.1, 0.15) is 12.4 Å². The fourth-order valence-electron chi connectivity index (χ4n) is 4.53. The van der Waals surface area contributed by atoms with Crippen molar-refractivity contribution in [1.29, 1.82) is 0 Å². The quantitative estimate of drug-likeness (QED) is 0.345. The molecule has 0 N–H and O–H groups in total. The van der Waals surface area contributed by atoms with E-state index in [0.29, 0.717) is 17.2 Å². The van der Waals surface area contributed by atoms with Crippen LogP contribution >= 0.6 is 11.8 Å². The maximum atomic E-state index is 13.0. The van der Waals surface area contributed by atoms with Crippen LogP contribution in [0.5, 0.6) is 5.75 Å². The molecule has 0 aromatic heterocycles. The third-order valence-corrected chi connectivity index (χ3v) is 7.15. The first-order valence-electron chi connectivity index (χ1n) is 11.5. The molecule has 4 nitrogen and oxygen atoms in total. The molecule has 5 heteroatoms. The minimum Gasteiger partial charge on any atom is -0.489 e. The van der Waals surface area contributed by atoms with E-state index in [9.17, 15) is 9.59 Å². The Bertz CT molecular complexity index is 1360. The van der Waals surface area contributed by atoms with Crippen LogP contribution < -0.4 is 9.64 Å². The molecule has 3 aromatic rings. The van der Waals surface area contributed by atoms with Gasteiger partial charge in [0, 0.05) is 5.92 Å². The normalized spacial score (nSPS) is 19.0. The number of anilines is 1. The van der Waals surface area contributed by atoms with Gasteiger partial charge in [0.25, 0.3) is 11.1 Å². The number of para-hydroxylation sites is 1. The van der Waals surface area contributed by atoms with Crippen LogP contribution in [0.4, 0.5) is 10.5 Å². The Morgan fingerprint density at radius 2 is 1.54 bits per heavy atom. The van der Waals surface area contributed by atoms with Crippen molar-refractivity contribution >= 4 is 28.6 Å². The van der Waals surface area contributed by atoms with Gasteiger partial charge in [0.05, 0.1) is 10.6 Å². The summed E-state index contributed by atoms with van der Waals surface area (Å²) in [7, 11) is 0. The lowest BCUT2D eigenvalue weighted by molar-refractivity contribution is -0.113. The van der Waals surface area contributed by atoms with Gasteiger partial charge in [-0.25, -0.2) is 4.90 Å². The number of carbonyl (C=O) groups excluding carboxylic acids is 2. The van der Waals surface area contributed by atoms with Crippen LogP contribution in [0.25, 0.3) is 0 Å². The number of imide groups is 1. The Kier molecular flexibility index (Phi) is 6.43. The van der Waals surface area contributed by atoms with Crippen molar-refractivity contribution in [2.45, 2.75) is 26.4 Å². The zero-order valence-electron chi connectivity index (χ0n) is 19.6. The Balaban J connectivity index is 1.33. The Morgan fingerprint density at radius 3 is 2.23 bits per heavy atom. The molecule has 174 valence electrons. The summed E-state index contributed by atoms with van der Waals surface area (Å²) < 4.78 is 5.93. The molecule has 0 unspecified atom stereocenters. The summed E-state index contributed by atoms with van der Waals surface area (Å²) in [5.74, 6) is 0.682. The molecule has 5 rings (SSSR count). The van der Waals surface area contributed by atoms with Gasteiger partial charge in [-0.2, -0.15) is 0 Å². The summed E-state index contributed by atoms with van der Waals surface area (Å²) in [5, 5.41) is -0.271. The molecule has 1 saturated heterocycles. The molecule has 1 atom stereocenters. The van der Waals surface area contributed by atoms with Gasteiger partial charge < -0.3 is 4.74 Å². The highest BCUT2D eigenvalue weighted by molar-refractivity contribution is 8.18. The van der Waals surface area contributed by atoms with E-state index in [2.05, 4.69) is 32.1 Å². The lowest BCUT2D eigenvalue weighted by Gasteiger charge is -2.16. The van der Waals surface area contributed by atoms with E-state index < -0.39 is 0 Å². The van der Waals surface area contributed by atoms with Crippen LogP contribution in [-0.4, -0.2) is 11.1 Å². The van der Waals surface area contributed by atoms with Crippen LogP contribution in [0.3, 0.4) is 0 Å². The van der Waals surface area contributed by atoms with Gasteiger partial charge in [-0.3, -0.25) is 9.59 Å². The van der Waals surface area contributed by atoms with Crippen LogP contribution in [0.15, 0.2) is 119 Å². The molecule has 0 radical (unpaired) electrons. The molecule has 1 aliphatic carbocycles. The lowest BCUT2D eigenvalue weighted by atomic mass is 9.89. The number of hydrogen-bond acceptors (Lipinski definition) is 4. The van der Waals surface area contributed by atoms with Crippen molar-refractivity contribution in [3.63, 3.8) is 0 Å². The molecule has 1 aliphatic heterocycles.